The molecule has 1 aliphatic heterocycles. The maximum absolute atomic E-state index is 12.2. The van der Waals surface area contributed by atoms with Crippen molar-refractivity contribution >= 4 is 5.78 Å². The number of Topliss-reactive ketones (excluding diaryl/α,β-unsaturated/α-hetero) is 1. The molecular weight excluding hydrogens is 188 g/mol. The smallest absolute Gasteiger partial charge is 0.141 e. The number of hydrogen-bond acceptors (Lipinski definition) is 2. The molecule has 86 valence electrons. The van der Waals surface area contributed by atoms with Crippen LogP contribution < -0.4 is 0 Å². The van der Waals surface area contributed by atoms with Gasteiger partial charge in [0, 0.05) is 18.4 Å². The molecule has 1 saturated heterocycles. The number of rotatable bonds is 2. The van der Waals surface area contributed by atoms with E-state index in [1.54, 1.807) is 0 Å². The molecule has 0 N–H and O–H groups in total. The van der Waals surface area contributed by atoms with Gasteiger partial charge in [-0.1, -0.05) is 19.8 Å². The Morgan fingerprint density at radius 2 is 1.93 bits per heavy atom. The molecule has 2 nitrogen and oxygen atoms in total. The zero-order chi connectivity index (χ0) is 10.7. The van der Waals surface area contributed by atoms with Crippen molar-refractivity contribution in [3.05, 3.63) is 0 Å². The molecule has 0 aromatic heterocycles. The maximum atomic E-state index is 12.2. The van der Waals surface area contributed by atoms with Crippen molar-refractivity contribution in [3.8, 4) is 0 Å². The molecule has 3 atom stereocenters. The second kappa shape index (κ2) is 5.11. The third-order valence-corrected chi connectivity index (χ3v) is 3.90. The van der Waals surface area contributed by atoms with E-state index in [1.807, 2.05) is 0 Å². The van der Waals surface area contributed by atoms with Crippen molar-refractivity contribution in [3.63, 3.8) is 0 Å². The first-order chi connectivity index (χ1) is 7.27. The van der Waals surface area contributed by atoms with Gasteiger partial charge in [0.1, 0.15) is 5.78 Å². The summed E-state index contributed by atoms with van der Waals surface area (Å²) in [6, 6.07) is 0. The second-order valence-corrected chi connectivity index (χ2v) is 5.29. The Kier molecular flexibility index (Phi) is 3.79. The van der Waals surface area contributed by atoms with Gasteiger partial charge in [0.2, 0.25) is 0 Å². The fraction of sp³-hybridized carbons (Fsp3) is 0.923. The molecule has 2 rings (SSSR count). The minimum atomic E-state index is 0.217. The minimum absolute atomic E-state index is 0.217. The summed E-state index contributed by atoms with van der Waals surface area (Å²) < 4.78 is 5.40. The average Bonchev–Trinajstić information content (AvgIpc) is 2.29. The molecule has 0 amide bonds. The molecule has 1 aliphatic carbocycles. The predicted molar refractivity (Wildman–Crippen MR) is 59.7 cm³/mol. The molecule has 1 heterocycles. The van der Waals surface area contributed by atoms with Crippen molar-refractivity contribution in [2.75, 3.05) is 13.2 Å². The van der Waals surface area contributed by atoms with E-state index in [1.165, 1.54) is 12.8 Å². The van der Waals surface area contributed by atoms with E-state index in [0.717, 1.165) is 38.2 Å². The van der Waals surface area contributed by atoms with Gasteiger partial charge in [-0.15, -0.1) is 0 Å². The lowest BCUT2D eigenvalue weighted by Gasteiger charge is -2.30. The zero-order valence-electron chi connectivity index (χ0n) is 9.71. The first-order valence-corrected chi connectivity index (χ1v) is 6.39. The molecule has 0 spiro atoms. The van der Waals surface area contributed by atoms with Crippen LogP contribution in [0.2, 0.25) is 0 Å². The van der Waals surface area contributed by atoms with Gasteiger partial charge in [-0.05, 0) is 31.6 Å². The number of carbonyl (C=O) groups is 1. The van der Waals surface area contributed by atoms with Crippen molar-refractivity contribution in [2.24, 2.45) is 17.8 Å². The van der Waals surface area contributed by atoms with E-state index in [4.69, 9.17) is 4.74 Å². The highest BCUT2D eigenvalue weighted by Crippen LogP contribution is 2.32. The Bertz CT molecular complexity index is 219. The highest BCUT2D eigenvalue weighted by atomic mass is 16.5. The van der Waals surface area contributed by atoms with Crippen LogP contribution in [0.25, 0.3) is 0 Å². The Hall–Kier alpha value is -0.370. The zero-order valence-corrected chi connectivity index (χ0v) is 9.71. The highest BCUT2D eigenvalue weighted by Gasteiger charge is 2.31. The van der Waals surface area contributed by atoms with E-state index < -0.39 is 0 Å². The summed E-state index contributed by atoms with van der Waals surface area (Å²) in [5.74, 6) is 1.81. The van der Waals surface area contributed by atoms with Crippen LogP contribution in [0.15, 0.2) is 0 Å². The van der Waals surface area contributed by atoms with Crippen LogP contribution in [0.4, 0.5) is 0 Å². The lowest BCUT2D eigenvalue weighted by molar-refractivity contribution is -0.132. The number of hydrogen-bond donors (Lipinski definition) is 0. The van der Waals surface area contributed by atoms with Crippen LogP contribution in [-0.4, -0.2) is 19.0 Å². The van der Waals surface area contributed by atoms with Crippen molar-refractivity contribution in [1.82, 2.24) is 0 Å². The number of ether oxygens (including phenoxy) is 1. The van der Waals surface area contributed by atoms with E-state index in [9.17, 15) is 4.79 Å². The van der Waals surface area contributed by atoms with Crippen molar-refractivity contribution in [1.29, 1.82) is 0 Å². The fourth-order valence-corrected chi connectivity index (χ4v) is 2.99. The van der Waals surface area contributed by atoms with Gasteiger partial charge in [-0.3, -0.25) is 4.79 Å². The van der Waals surface area contributed by atoms with Crippen LogP contribution in [0.3, 0.4) is 0 Å². The quantitative estimate of drug-likeness (QED) is 0.700. The normalized spacial score (nSPS) is 37.5. The van der Waals surface area contributed by atoms with E-state index in [-0.39, 0.29) is 5.92 Å². The molecule has 2 fully saturated rings. The Labute approximate surface area is 92.4 Å². The van der Waals surface area contributed by atoms with Gasteiger partial charge < -0.3 is 4.74 Å². The summed E-state index contributed by atoms with van der Waals surface area (Å²) >= 11 is 0. The number of carbonyl (C=O) groups excluding carboxylic acids is 1. The first kappa shape index (κ1) is 11.1. The van der Waals surface area contributed by atoms with Gasteiger partial charge >= 0.3 is 0 Å². The molecule has 2 heteroatoms. The molecule has 3 unspecified atom stereocenters. The van der Waals surface area contributed by atoms with Crippen LogP contribution in [0.5, 0.6) is 0 Å². The largest absolute Gasteiger partial charge is 0.381 e. The molecule has 0 aromatic rings. The van der Waals surface area contributed by atoms with Gasteiger partial charge in [-0.2, -0.15) is 0 Å². The lowest BCUT2D eigenvalue weighted by atomic mass is 9.76. The van der Waals surface area contributed by atoms with Crippen LogP contribution in [0, 0.1) is 17.8 Å². The monoisotopic (exact) mass is 210 g/mol. The Morgan fingerprint density at radius 1 is 1.13 bits per heavy atom. The van der Waals surface area contributed by atoms with E-state index in [2.05, 4.69) is 6.92 Å². The summed E-state index contributed by atoms with van der Waals surface area (Å²) in [5, 5.41) is 0. The summed E-state index contributed by atoms with van der Waals surface area (Å²) in [7, 11) is 0. The molecule has 0 aromatic carbocycles. The summed E-state index contributed by atoms with van der Waals surface area (Å²) in [6.07, 6.45) is 6.92. The van der Waals surface area contributed by atoms with Gasteiger partial charge in [0.25, 0.3) is 0 Å². The first-order valence-electron chi connectivity index (χ1n) is 6.39. The molecule has 2 aliphatic rings. The van der Waals surface area contributed by atoms with E-state index in [0.29, 0.717) is 18.3 Å². The van der Waals surface area contributed by atoms with Crippen LogP contribution in [-0.2, 0) is 9.53 Å². The van der Waals surface area contributed by atoms with Crippen molar-refractivity contribution in [2.45, 2.75) is 45.4 Å². The third-order valence-electron chi connectivity index (χ3n) is 3.90. The average molecular weight is 210 g/mol. The maximum Gasteiger partial charge on any atom is 0.141 e. The van der Waals surface area contributed by atoms with E-state index >= 15 is 0 Å². The van der Waals surface area contributed by atoms with Gasteiger partial charge in [0.15, 0.2) is 0 Å². The minimum Gasteiger partial charge on any atom is -0.381 e. The topological polar surface area (TPSA) is 26.3 Å². The summed E-state index contributed by atoms with van der Waals surface area (Å²) in [5.41, 5.74) is 0. The molecular formula is C13H22O2. The summed E-state index contributed by atoms with van der Waals surface area (Å²) in [4.78, 5) is 12.2. The highest BCUT2D eigenvalue weighted by molar-refractivity contribution is 5.83. The van der Waals surface area contributed by atoms with Gasteiger partial charge in [-0.25, -0.2) is 0 Å². The fourth-order valence-electron chi connectivity index (χ4n) is 2.99. The van der Waals surface area contributed by atoms with Crippen molar-refractivity contribution < 1.29 is 9.53 Å². The summed E-state index contributed by atoms with van der Waals surface area (Å²) in [6.45, 7) is 3.81. The lowest BCUT2D eigenvalue weighted by Crippen LogP contribution is -2.32. The predicted octanol–water partition coefficient (Wildman–Crippen LogP) is 2.81. The standard InChI is InChI=1S/C13H22O2/c1-10-4-2-5-11(8-10)13(14)12-6-3-7-15-9-12/h10-12H,2-9H2,1H3. The molecule has 0 radical (unpaired) electrons. The third kappa shape index (κ3) is 2.81. The SMILES string of the molecule is CC1CCCC(C(=O)C2CCCOC2)C1. The van der Waals surface area contributed by atoms with Crippen LogP contribution in [0.1, 0.15) is 45.4 Å². The van der Waals surface area contributed by atoms with Gasteiger partial charge in [0.05, 0.1) is 6.61 Å². The molecule has 0 bridgehead atoms. The number of ketones is 1. The Balaban J connectivity index is 1.88. The molecule has 15 heavy (non-hydrogen) atoms. The molecule has 1 saturated carbocycles. The van der Waals surface area contributed by atoms with Crippen LogP contribution >= 0.6 is 0 Å². The Morgan fingerprint density at radius 3 is 2.60 bits per heavy atom. The second-order valence-electron chi connectivity index (χ2n) is 5.29.